The van der Waals surface area contributed by atoms with Crippen molar-refractivity contribution in [2.24, 2.45) is 7.05 Å². The van der Waals surface area contributed by atoms with E-state index >= 15 is 0 Å². The molecule has 5 heteroatoms. The maximum Gasteiger partial charge on any atom is 0.0897 e. The monoisotopic (exact) mass is 266 g/mol. The van der Waals surface area contributed by atoms with E-state index in [2.05, 4.69) is 36.1 Å². The van der Waals surface area contributed by atoms with Crippen molar-refractivity contribution in [1.29, 1.82) is 0 Å². The lowest BCUT2D eigenvalue weighted by Crippen LogP contribution is -2.48. The van der Waals surface area contributed by atoms with Crippen molar-refractivity contribution in [2.45, 2.75) is 32.9 Å². The van der Waals surface area contributed by atoms with E-state index < -0.39 is 0 Å². The molecule has 0 amide bonds. The van der Waals surface area contributed by atoms with E-state index in [-0.39, 0.29) is 6.10 Å². The number of hydrogen-bond acceptors (Lipinski definition) is 4. The minimum absolute atomic E-state index is 0.195. The van der Waals surface area contributed by atoms with E-state index in [1.54, 1.807) is 0 Å². The van der Waals surface area contributed by atoms with Gasteiger partial charge in [-0.05, 0) is 27.4 Å². The number of morpholine rings is 1. The number of rotatable bonds is 4. The Hall–Kier alpha value is -0.910. The van der Waals surface area contributed by atoms with Gasteiger partial charge >= 0.3 is 0 Å². The van der Waals surface area contributed by atoms with Gasteiger partial charge in [-0.15, -0.1) is 0 Å². The molecule has 1 aliphatic heterocycles. The molecule has 0 saturated carbocycles. The molecule has 1 aromatic heterocycles. The zero-order valence-electron chi connectivity index (χ0n) is 12.7. The average molecular weight is 266 g/mol. The molecule has 0 aliphatic carbocycles. The summed E-state index contributed by atoms with van der Waals surface area (Å²) in [4.78, 5) is 2.50. The first-order chi connectivity index (χ1) is 9.10. The molecule has 108 valence electrons. The van der Waals surface area contributed by atoms with Gasteiger partial charge < -0.3 is 10.1 Å². The van der Waals surface area contributed by atoms with Crippen molar-refractivity contribution in [3.05, 3.63) is 17.0 Å². The zero-order valence-corrected chi connectivity index (χ0v) is 12.7. The van der Waals surface area contributed by atoms with E-state index in [9.17, 15) is 0 Å². The molecule has 1 saturated heterocycles. The maximum absolute atomic E-state index is 6.00. The molecule has 0 aromatic carbocycles. The summed E-state index contributed by atoms with van der Waals surface area (Å²) < 4.78 is 7.97. The van der Waals surface area contributed by atoms with Crippen LogP contribution < -0.4 is 5.32 Å². The molecule has 1 aliphatic rings. The number of nitrogens with one attached hydrogen (secondary N) is 1. The van der Waals surface area contributed by atoms with Crippen LogP contribution in [0.5, 0.6) is 0 Å². The molecule has 1 fully saturated rings. The van der Waals surface area contributed by atoms with Crippen LogP contribution in [0.15, 0.2) is 0 Å². The third-order valence-corrected chi connectivity index (χ3v) is 4.13. The van der Waals surface area contributed by atoms with E-state index in [4.69, 9.17) is 4.74 Å². The molecule has 2 heterocycles. The first-order valence-electron chi connectivity index (χ1n) is 7.10. The van der Waals surface area contributed by atoms with Gasteiger partial charge in [-0.1, -0.05) is 6.92 Å². The number of aromatic nitrogens is 2. The number of ether oxygens (including phenoxy) is 1. The molecule has 2 atom stereocenters. The second-order valence-corrected chi connectivity index (χ2v) is 5.25. The summed E-state index contributed by atoms with van der Waals surface area (Å²) in [6, 6.07) is 0.305. The lowest BCUT2D eigenvalue weighted by molar-refractivity contribution is -0.0690. The Kier molecular flexibility index (Phi) is 4.60. The third-order valence-electron chi connectivity index (χ3n) is 4.13. The fraction of sp³-hybridized carbons (Fsp3) is 0.786. The van der Waals surface area contributed by atoms with E-state index in [1.807, 2.05) is 18.8 Å². The van der Waals surface area contributed by atoms with Gasteiger partial charge in [-0.2, -0.15) is 5.10 Å². The minimum Gasteiger partial charge on any atom is -0.374 e. The Labute approximate surface area is 115 Å². The Morgan fingerprint density at radius 1 is 1.42 bits per heavy atom. The number of aryl methyl sites for hydroxylation is 2. The molecule has 5 nitrogen and oxygen atoms in total. The van der Waals surface area contributed by atoms with E-state index in [1.165, 1.54) is 11.3 Å². The van der Waals surface area contributed by atoms with E-state index in [0.29, 0.717) is 6.04 Å². The van der Waals surface area contributed by atoms with Crippen LogP contribution in [0.2, 0.25) is 0 Å². The molecule has 0 spiro atoms. The lowest BCUT2D eigenvalue weighted by Gasteiger charge is -2.41. The topological polar surface area (TPSA) is 42.3 Å². The second-order valence-electron chi connectivity index (χ2n) is 5.25. The van der Waals surface area contributed by atoms with Crippen LogP contribution in [0.25, 0.3) is 0 Å². The SMILES string of the molecule is CCN1CCOC(CNC)C1c1c(C)nn(C)c1C. The van der Waals surface area contributed by atoms with Gasteiger partial charge in [-0.3, -0.25) is 9.58 Å². The van der Waals surface area contributed by atoms with Gasteiger partial charge in [0.1, 0.15) is 0 Å². The van der Waals surface area contributed by atoms with Gasteiger partial charge in [-0.25, -0.2) is 0 Å². The molecule has 2 unspecified atom stereocenters. The van der Waals surface area contributed by atoms with Crippen LogP contribution in [0.3, 0.4) is 0 Å². The molecular formula is C14H26N4O. The highest BCUT2D eigenvalue weighted by atomic mass is 16.5. The normalized spacial score (nSPS) is 24.9. The number of hydrogen-bond donors (Lipinski definition) is 1. The van der Waals surface area contributed by atoms with E-state index in [0.717, 1.165) is 31.9 Å². The Morgan fingerprint density at radius 3 is 2.68 bits per heavy atom. The van der Waals surface area contributed by atoms with Crippen LogP contribution in [-0.2, 0) is 11.8 Å². The molecule has 0 bridgehead atoms. The zero-order chi connectivity index (χ0) is 14.0. The molecule has 0 radical (unpaired) electrons. The molecule has 1 N–H and O–H groups in total. The summed E-state index contributed by atoms with van der Waals surface area (Å²) in [7, 11) is 3.99. The second kappa shape index (κ2) is 6.03. The molecule has 1 aromatic rings. The highest BCUT2D eigenvalue weighted by Gasteiger charge is 2.35. The fourth-order valence-electron chi connectivity index (χ4n) is 3.10. The van der Waals surface area contributed by atoms with Crippen LogP contribution in [0.4, 0.5) is 0 Å². The summed E-state index contributed by atoms with van der Waals surface area (Å²) in [5.41, 5.74) is 3.70. The number of nitrogens with zero attached hydrogens (tertiary/aromatic N) is 3. The summed E-state index contributed by atoms with van der Waals surface area (Å²) in [6.45, 7) is 10.2. The fourth-order valence-corrected chi connectivity index (χ4v) is 3.10. The summed E-state index contributed by atoms with van der Waals surface area (Å²) in [5, 5.41) is 7.81. The van der Waals surface area contributed by atoms with Crippen LogP contribution >= 0.6 is 0 Å². The van der Waals surface area contributed by atoms with Crippen LogP contribution in [-0.4, -0.2) is 54.1 Å². The molecule has 2 rings (SSSR count). The van der Waals surface area contributed by atoms with Gasteiger partial charge in [0.25, 0.3) is 0 Å². The highest BCUT2D eigenvalue weighted by Crippen LogP contribution is 2.33. The summed E-state index contributed by atoms with van der Waals surface area (Å²) in [5.74, 6) is 0. The summed E-state index contributed by atoms with van der Waals surface area (Å²) >= 11 is 0. The van der Waals surface area contributed by atoms with Gasteiger partial charge in [0.15, 0.2) is 0 Å². The van der Waals surface area contributed by atoms with Crippen molar-refractivity contribution in [3.8, 4) is 0 Å². The number of likely N-dealkylation sites (N-methyl/N-ethyl adjacent to an activating group) is 2. The predicted octanol–water partition coefficient (Wildman–Crippen LogP) is 1.02. The first-order valence-corrected chi connectivity index (χ1v) is 7.10. The highest BCUT2D eigenvalue weighted by molar-refractivity contribution is 5.30. The average Bonchev–Trinajstić information content (AvgIpc) is 2.64. The molecule has 19 heavy (non-hydrogen) atoms. The quantitative estimate of drug-likeness (QED) is 0.883. The van der Waals surface area contributed by atoms with Crippen molar-refractivity contribution in [1.82, 2.24) is 20.0 Å². The van der Waals surface area contributed by atoms with Crippen molar-refractivity contribution in [2.75, 3.05) is 33.3 Å². The van der Waals surface area contributed by atoms with Gasteiger partial charge in [0, 0.05) is 31.4 Å². The van der Waals surface area contributed by atoms with Crippen molar-refractivity contribution < 1.29 is 4.74 Å². The lowest BCUT2D eigenvalue weighted by atomic mass is 9.96. The third kappa shape index (κ3) is 2.68. The first kappa shape index (κ1) is 14.5. The predicted molar refractivity (Wildman–Crippen MR) is 76.3 cm³/mol. The van der Waals surface area contributed by atoms with Gasteiger partial charge in [0.05, 0.1) is 24.4 Å². The molecular weight excluding hydrogens is 240 g/mol. The minimum atomic E-state index is 0.195. The van der Waals surface area contributed by atoms with Crippen LogP contribution in [0, 0.1) is 13.8 Å². The Morgan fingerprint density at radius 2 is 2.16 bits per heavy atom. The van der Waals surface area contributed by atoms with Crippen molar-refractivity contribution in [3.63, 3.8) is 0 Å². The standard InChI is InChI=1S/C14H26N4O/c1-6-18-7-8-19-12(9-15-4)14(18)13-10(2)16-17(5)11(13)3/h12,14-15H,6-9H2,1-5H3. The smallest absolute Gasteiger partial charge is 0.0897 e. The van der Waals surface area contributed by atoms with Crippen molar-refractivity contribution >= 4 is 0 Å². The Bertz CT molecular complexity index is 427. The van der Waals surface area contributed by atoms with Crippen LogP contribution in [0.1, 0.15) is 29.9 Å². The maximum atomic E-state index is 6.00. The summed E-state index contributed by atoms with van der Waals surface area (Å²) in [6.07, 6.45) is 0.195. The largest absolute Gasteiger partial charge is 0.374 e. The van der Waals surface area contributed by atoms with Gasteiger partial charge in [0.2, 0.25) is 0 Å². The Balaban J connectivity index is 2.39.